The second kappa shape index (κ2) is 13.9. The molecule has 0 rings (SSSR count). The Bertz CT molecular complexity index is 289. The monoisotopic (exact) mass is 305 g/mol. The van der Waals surface area contributed by atoms with E-state index >= 15 is 0 Å². The Balaban J connectivity index is 3.41. The SMILES string of the molecule is CCCCCCCCNS(=O)(=O)CCCCCCCC. The predicted molar refractivity (Wildman–Crippen MR) is 88.5 cm³/mol. The Morgan fingerprint density at radius 1 is 0.650 bits per heavy atom. The first-order valence-electron chi connectivity index (χ1n) is 8.59. The number of hydrogen-bond donors (Lipinski definition) is 1. The zero-order chi connectivity index (χ0) is 15.1. The van der Waals surface area contributed by atoms with Gasteiger partial charge >= 0.3 is 0 Å². The average molecular weight is 306 g/mol. The highest BCUT2D eigenvalue weighted by Crippen LogP contribution is 2.07. The lowest BCUT2D eigenvalue weighted by molar-refractivity contribution is 0.560. The maximum atomic E-state index is 11.7. The highest BCUT2D eigenvalue weighted by molar-refractivity contribution is 7.89. The van der Waals surface area contributed by atoms with Crippen molar-refractivity contribution in [2.75, 3.05) is 12.3 Å². The second-order valence-electron chi connectivity index (χ2n) is 5.75. The Labute approximate surface area is 127 Å². The molecule has 122 valence electrons. The molecule has 0 bridgehead atoms. The van der Waals surface area contributed by atoms with Gasteiger partial charge in [-0.15, -0.1) is 0 Å². The van der Waals surface area contributed by atoms with Gasteiger partial charge in [0.1, 0.15) is 0 Å². The van der Waals surface area contributed by atoms with Crippen molar-refractivity contribution in [1.82, 2.24) is 4.72 Å². The molecule has 0 aliphatic rings. The minimum Gasteiger partial charge on any atom is -0.215 e. The summed E-state index contributed by atoms with van der Waals surface area (Å²) in [6, 6.07) is 0. The van der Waals surface area contributed by atoms with Crippen LogP contribution in [0, 0.1) is 0 Å². The van der Waals surface area contributed by atoms with Crippen LogP contribution in [0.3, 0.4) is 0 Å². The van der Waals surface area contributed by atoms with Gasteiger partial charge in [0, 0.05) is 6.54 Å². The lowest BCUT2D eigenvalue weighted by Crippen LogP contribution is -2.27. The van der Waals surface area contributed by atoms with Crippen molar-refractivity contribution in [2.45, 2.75) is 90.9 Å². The van der Waals surface area contributed by atoms with Crippen molar-refractivity contribution in [3.63, 3.8) is 0 Å². The van der Waals surface area contributed by atoms with Crippen LogP contribution < -0.4 is 4.72 Å². The summed E-state index contributed by atoms with van der Waals surface area (Å²) in [7, 11) is -3.02. The van der Waals surface area contributed by atoms with Crippen LogP contribution in [0.25, 0.3) is 0 Å². The van der Waals surface area contributed by atoms with Crippen LogP contribution in [0.1, 0.15) is 90.9 Å². The molecule has 0 aliphatic heterocycles. The minimum absolute atomic E-state index is 0.301. The third-order valence-corrected chi connectivity index (χ3v) is 5.09. The summed E-state index contributed by atoms with van der Waals surface area (Å²) in [6.45, 7) is 5.01. The largest absolute Gasteiger partial charge is 0.215 e. The Morgan fingerprint density at radius 2 is 1.10 bits per heavy atom. The fraction of sp³-hybridized carbons (Fsp3) is 1.00. The molecule has 0 saturated heterocycles. The quantitative estimate of drug-likeness (QED) is 0.448. The number of rotatable bonds is 15. The van der Waals surface area contributed by atoms with Crippen LogP contribution in [-0.4, -0.2) is 20.7 Å². The van der Waals surface area contributed by atoms with Gasteiger partial charge in [-0.25, -0.2) is 13.1 Å². The molecule has 4 heteroatoms. The summed E-state index contributed by atoms with van der Waals surface area (Å²) in [5, 5.41) is 0. The minimum atomic E-state index is -3.02. The maximum Gasteiger partial charge on any atom is 0.211 e. The van der Waals surface area contributed by atoms with E-state index in [1.807, 2.05) is 0 Å². The van der Waals surface area contributed by atoms with E-state index < -0.39 is 10.0 Å². The molecule has 0 aromatic rings. The van der Waals surface area contributed by atoms with E-state index in [2.05, 4.69) is 18.6 Å². The highest BCUT2D eigenvalue weighted by atomic mass is 32.2. The van der Waals surface area contributed by atoms with Crippen molar-refractivity contribution < 1.29 is 8.42 Å². The molecule has 0 aromatic carbocycles. The lowest BCUT2D eigenvalue weighted by atomic mass is 10.1. The number of hydrogen-bond acceptors (Lipinski definition) is 2. The van der Waals surface area contributed by atoms with Crippen molar-refractivity contribution in [1.29, 1.82) is 0 Å². The van der Waals surface area contributed by atoms with Crippen molar-refractivity contribution in [3.05, 3.63) is 0 Å². The standard InChI is InChI=1S/C16H35NO2S/c1-3-5-7-9-11-13-15-17-20(18,19)16-14-12-10-8-6-4-2/h17H,3-16H2,1-2H3. The normalized spacial score (nSPS) is 11.9. The van der Waals surface area contributed by atoms with Crippen LogP contribution in [0.15, 0.2) is 0 Å². The second-order valence-corrected chi connectivity index (χ2v) is 7.68. The fourth-order valence-corrected chi connectivity index (χ4v) is 3.46. The zero-order valence-electron chi connectivity index (χ0n) is 13.6. The topological polar surface area (TPSA) is 46.2 Å². The highest BCUT2D eigenvalue weighted by Gasteiger charge is 2.08. The van der Waals surface area contributed by atoms with E-state index in [-0.39, 0.29) is 0 Å². The maximum absolute atomic E-state index is 11.7. The molecule has 0 atom stereocenters. The third kappa shape index (κ3) is 14.3. The molecule has 0 radical (unpaired) electrons. The summed E-state index contributed by atoms with van der Waals surface area (Å²) in [5.74, 6) is 0.301. The van der Waals surface area contributed by atoms with Crippen molar-refractivity contribution in [2.24, 2.45) is 0 Å². The van der Waals surface area contributed by atoms with E-state index in [4.69, 9.17) is 0 Å². The zero-order valence-corrected chi connectivity index (χ0v) is 14.4. The molecule has 20 heavy (non-hydrogen) atoms. The van der Waals surface area contributed by atoms with Gasteiger partial charge in [0.2, 0.25) is 10.0 Å². The summed E-state index contributed by atoms with van der Waals surface area (Å²) in [5.41, 5.74) is 0. The van der Waals surface area contributed by atoms with E-state index in [1.54, 1.807) is 0 Å². The number of unbranched alkanes of at least 4 members (excludes halogenated alkanes) is 10. The molecule has 0 spiro atoms. The van der Waals surface area contributed by atoms with Crippen molar-refractivity contribution >= 4 is 10.0 Å². The van der Waals surface area contributed by atoms with Gasteiger partial charge in [-0.3, -0.25) is 0 Å². The Morgan fingerprint density at radius 3 is 1.65 bits per heavy atom. The first-order chi connectivity index (χ1) is 9.62. The molecule has 3 nitrogen and oxygen atoms in total. The van der Waals surface area contributed by atoms with Gasteiger partial charge in [-0.1, -0.05) is 78.1 Å². The van der Waals surface area contributed by atoms with Crippen LogP contribution in [0.2, 0.25) is 0 Å². The van der Waals surface area contributed by atoms with Gasteiger partial charge in [0.25, 0.3) is 0 Å². The lowest BCUT2D eigenvalue weighted by Gasteiger charge is -2.06. The molecule has 1 N–H and O–H groups in total. The summed E-state index contributed by atoms with van der Waals surface area (Å²) < 4.78 is 26.2. The summed E-state index contributed by atoms with van der Waals surface area (Å²) in [4.78, 5) is 0. The Hall–Kier alpha value is -0.0900. The summed E-state index contributed by atoms with van der Waals surface area (Å²) >= 11 is 0. The first kappa shape index (κ1) is 19.9. The van der Waals surface area contributed by atoms with Gasteiger partial charge in [0.15, 0.2) is 0 Å². The summed E-state index contributed by atoms with van der Waals surface area (Å²) in [6.07, 6.45) is 13.9. The molecular weight excluding hydrogens is 270 g/mol. The third-order valence-electron chi connectivity index (χ3n) is 3.62. The van der Waals surface area contributed by atoms with Crippen LogP contribution >= 0.6 is 0 Å². The van der Waals surface area contributed by atoms with Gasteiger partial charge in [0.05, 0.1) is 5.75 Å². The molecule has 0 heterocycles. The van der Waals surface area contributed by atoms with Crippen LogP contribution in [0.4, 0.5) is 0 Å². The fourth-order valence-electron chi connectivity index (χ4n) is 2.28. The van der Waals surface area contributed by atoms with Crippen molar-refractivity contribution in [3.8, 4) is 0 Å². The Kier molecular flexibility index (Phi) is 13.8. The van der Waals surface area contributed by atoms with Gasteiger partial charge < -0.3 is 0 Å². The van der Waals surface area contributed by atoms with E-state index in [9.17, 15) is 8.42 Å². The molecule has 0 unspecified atom stereocenters. The van der Waals surface area contributed by atoms with Gasteiger partial charge in [-0.05, 0) is 12.8 Å². The van der Waals surface area contributed by atoms with Crippen LogP contribution in [0.5, 0.6) is 0 Å². The first-order valence-corrected chi connectivity index (χ1v) is 10.2. The molecule has 0 aromatic heterocycles. The molecule has 0 fully saturated rings. The van der Waals surface area contributed by atoms with Crippen LogP contribution in [-0.2, 0) is 10.0 Å². The van der Waals surface area contributed by atoms with E-state index in [1.165, 1.54) is 51.4 Å². The van der Waals surface area contributed by atoms with Gasteiger partial charge in [-0.2, -0.15) is 0 Å². The average Bonchev–Trinajstić information content (AvgIpc) is 2.41. The molecule has 0 aliphatic carbocycles. The number of nitrogens with one attached hydrogen (secondary N) is 1. The predicted octanol–water partition coefficient (Wildman–Crippen LogP) is 4.63. The molecule has 0 amide bonds. The smallest absolute Gasteiger partial charge is 0.211 e. The van der Waals surface area contributed by atoms with E-state index in [0.717, 1.165) is 25.7 Å². The number of sulfonamides is 1. The molecular formula is C16H35NO2S. The van der Waals surface area contributed by atoms with E-state index in [0.29, 0.717) is 12.3 Å². The molecule has 0 saturated carbocycles.